The van der Waals surface area contributed by atoms with Crippen LogP contribution in [0, 0.1) is 13.8 Å². The fourth-order valence-corrected chi connectivity index (χ4v) is 4.98. The number of anilines is 1. The zero-order valence-electron chi connectivity index (χ0n) is 16.5. The lowest BCUT2D eigenvalue weighted by Crippen LogP contribution is -2.34. The molecule has 0 unspecified atom stereocenters. The lowest BCUT2D eigenvalue weighted by molar-refractivity contribution is 0.0933. The highest BCUT2D eigenvalue weighted by Crippen LogP contribution is 2.21. The Bertz CT molecular complexity index is 929. The summed E-state index contributed by atoms with van der Waals surface area (Å²) in [5, 5.41) is 3.10. The van der Waals surface area contributed by atoms with Gasteiger partial charge in [0.25, 0.3) is 15.9 Å². The summed E-state index contributed by atoms with van der Waals surface area (Å²) in [7, 11) is -3.68. The van der Waals surface area contributed by atoms with E-state index >= 15 is 0 Å². The zero-order valence-corrected chi connectivity index (χ0v) is 17.3. The van der Waals surface area contributed by atoms with Gasteiger partial charge in [-0.3, -0.25) is 9.52 Å². The number of sulfonamides is 1. The van der Waals surface area contributed by atoms with Crippen molar-refractivity contribution in [3.8, 4) is 0 Å². The van der Waals surface area contributed by atoms with Gasteiger partial charge in [-0.25, -0.2) is 8.42 Å². The Labute approximate surface area is 167 Å². The molecule has 3 rings (SSSR count). The fourth-order valence-electron chi connectivity index (χ4n) is 3.59. The third kappa shape index (κ3) is 5.13. The van der Waals surface area contributed by atoms with Gasteiger partial charge < -0.3 is 5.32 Å². The van der Waals surface area contributed by atoms with E-state index in [1.807, 2.05) is 13.0 Å². The summed E-state index contributed by atoms with van der Waals surface area (Å²) in [6.07, 6.45) is 6.84. The van der Waals surface area contributed by atoms with Crippen molar-refractivity contribution in [1.29, 1.82) is 0 Å². The first-order valence-corrected chi connectivity index (χ1v) is 11.3. The second kappa shape index (κ2) is 8.78. The van der Waals surface area contributed by atoms with Gasteiger partial charge in [-0.05, 0) is 68.1 Å². The number of carbonyl (C=O) groups excluding carboxylic acids is 1. The lowest BCUT2D eigenvalue weighted by atomic mass is 10.1. The molecule has 28 heavy (non-hydrogen) atoms. The van der Waals surface area contributed by atoms with Crippen molar-refractivity contribution < 1.29 is 13.2 Å². The van der Waals surface area contributed by atoms with Crippen molar-refractivity contribution >= 4 is 21.6 Å². The Morgan fingerprint density at radius 2 is 1.57 bits per heavy atom. The Kier molecular flexibility index (Phi) is 6.39. The largest absolute Gasteiger partial charge is 0.349 e. The van der Waals surface area contributed by atoms with Gasteiger partial charge in [-0.1, -0.05) is 37.8 Å². The van der Waals surface area contributed by atoms with Crippen molar-refractivity contribution in [2.75, 3.05) is 4.72 Å². The Morgan fingerprint density at radius 1 is 0.929 bits per heavy atom. The lowest BCUT2D eigenvalue weighted by Gasteiger charge is -2.16. The van der Waals surface area contributed by atoms with Crippen molar-refractivity contribution in [3.05, 3.63) is 59.2 Å². The van der Waals surface area contributed by atoms with Gasteiger partial charge in [0.2, 0.25) is 0 Å². The van der Waals surface area contributed by atoms with E-state index in [4.69, 9.17) is 0 Å². The quantitative estimate of drug-likeness (QED) is 0.723. The van der Waals surface area contributed by atoms with Crippen molar-refractivity contribution in [2.45, 2.75) is 63.3 Å². The van der Waals surface area contributed by atoms with Crippen LogP contribution in [0.1, 0.15) is 60.0 Å². The van der Waals surface area contributed by atoms with Crippen LogP contribution in [0.25, 0.3) is 0 Å². The van der Waals surface area contributed by atoms with Crippen LogP contribution in [-0.4, -0.2) is 20.4 Å². The smallest absolute Gasteiger partial charge is 0.262 e. The molecule has 6 heteroatoms. The molecule has 1 saturated carbocycles. The molecule has 1 aliphatic carbocycles. The predicted octanol–water partition coefficient (Wildman–Crippen LogP) is 4.56. The molecule has 0 radical (unpaired) electrons. The van der Waals surface area contributed by atoms with Crippen LogP contribution in [0.5, 0.6) is 0 Å². The Balaban J connectivity index is 1.68. The minimum atomic E-state index is -3.68. The highest BCUT2D eigenvalue weighted by molar-refractivity contribution is 7.92. The monoisotopic (exact) mass is 400 g/mol. The molecule has 0 bridgehead atoms. The van der Waals surface area contributed by atoms with E-state index in [-0.39, 0.29) is 16.8 Å². The number of amides is 1. The molecule has 1 fully saturated rings. The van der Waals surface area contributed by atoms with Crippen LogP contribution in [0.2, 0.25) is 0 Å². The minimum absolute atomic E-state index is 0.101. The molecule has 0 saturated heterocycles. The Morgan fingerprint density at radius 3 is 2.21 bits per heavy atom. The molecule has 2 aromatic carbocycles. The number of carbonyl (C=O) groups is 1. The van der Waals surface area contributed by atoms with Crippen LogP contribution in [0.3, 0.4) is 0 Å². The number of aryl methyl sites for hydroxylation is 2. The average Bonchev–Trinajstić information content (AvgIpc) is 2.92. The van der Waals surface area contributed by atoms with Gasteiger partial charge in [0.05, 0.1) is 4.90 Å². The molecule has 5 nitrogen and oxygen atoms in total. The number of rotatable bonds is 5. The molecule has 0 aliphatic heterocycles. The predicted molar refractivity (Wildman–Crippen MR) is 112 cm³/mol. The molecule has 0 heterocycles. The number of hydrogen-bond acceptors (Lipinski definition) is 3. The van der Waals surface area contributed by atoms with Gasteiger partial charge in [-0.2, -0.15) is 0 Å². The van der Waals surface area contributed by atoms with E-state index in [0.717, 1.165) is 31.2 Å². The maximum absolute atomic E-state index is 12.7. The van der Waals surface area contributed by atoms with E-state index in [1.165, 1.54) is 12.8 Å². The van der Waals surface area contributed by atoms with Gasteiger partial charge in [0.1, 0.15) is 0 Å². The number of benzene rings is 2. The van der Waals surface area contributed by atoms with E-state index in [9.17, 15) is 13.2 Å². The van der Waals surface area contributed by atoms with E-state index in [2.05, 4.69) is 10.0 Å². The van der Waals surface area contributed by atoms with E-state index in [1.54, 1.807) is 43.3 Å². The topological polar surface area (TPSA) is 75.3 Å². The normalized spacial score (nSPS) is 15.6. The summed E-state index contributed by atoms with van der Waals surface area (Å²) in [6.45, 7) is 3.63. The summed E-state index contributed by atoms with van der Waals surface area (Å²) in [5.41, 5.74) is 2.56. The number of hydrogen-bond donors (Lipinski definition) is 2. The van der Waals surface area contributed by atoms with E-state index < -0.39 is 10.0 Å². The first-order chi connectivity index (χ1) is 13.3. The zero-order chi connectivity index (χ0) is 20.1. The molecule has 0 aromatic heterocycles. The molecule has 0 spiro atoms. The van der Waals surface area contributed by atoms with Crippen LogP contribution in [0.4, 0.5) is 5.69 Å². The summed E-state index contributed by atoms with van der Waals surface area (Å²) in [6, 6.07) is 12.2. The minimum Gasteiger partial charge on any atom is -0.349 e. The molecular formula is C22H28N2O3S. The van der Waals surface area contributed by atoms with Gasteiger partial charge in [0, 0.05) is 17.3 Å². The van der Waals surface area contributed by atoms with Gasteiger partial charge in [-0.15, -0.1) is 0 Å². The standard InChI is InChI=1S/C22H28N2O3S/c1-16-9-10-17(2)21(15-16)28(26,27)24-20-13-11-18(12-14-20)22(25)23-19-7-5-3-4-6-8-19/h9-15,19,24H,3-8H2,1-2H3,(H,23,25). The summed E-state index contributed by atoms with van der Waals surface area (Å²) < 4.78 is 28.0. The first kappa shape index (κ1) is 20.4. The van der Waals surface area contributed by atoms with Crippen LogP contribution in [0.15, 0.2) is 47.4 Å². The van der Waals surface area contributed by atoms with Crippen molar-refractivity contribution in [2.24, 2.45) is 0 Å². The van der Waals surface area contributed by atoms with Crippen LogP contribution >= 0.6 is 0 Å². The molecular weight excluding hydrogens is 372 g/mol. The summed E-state index contributed by atoms with van der Waals surface area (Å²) in [4.78, 5) is 12.7. The van der Waals surface area contributed by atoms with Crippen molar-refractivity contribution in [1.82, 2.24) is 5.32 Å². The molecule has 0 atom stereocenters. The summed E-state index contributed by atoms with van der Waals surface area (Å²) >= 11 is 0. The van der Waals surface area contributed by atoms with Gasteiger partial charge >= 0.3 is 0 Å². The average molecular weight is 401 g/mol. The van der Waals surface area contributed by atoms with Gasteiger partial charge in [0.15, 0.2) is 0 Å². The fraction of sp³-hybridized carbons (Fsp3) is 0.409. The second-order valence-corrected chi connectivity index (χ2v) is 9.26. The third-order valence-electron chi connectivity index (χ3n) is 5.22. The Hall–Kier alpha value is -2.34. The highest BCUT2D eigenvalue weighted by atomic mass is 32.2. The molecule has 150 valence electrons. The highest BCUT2D eigenvalue weighted by Gasteiger charge is 2.18. The maximum Gasteiger partial charge on any atom is 0.262 e. The first-order valence-electron chi connectivity index (χ1n) is 9.86. The van der Waals surface area contributed by atoms with Crippen LogP contribution in [-0.2, 0) is 10.0 Å². The number of nitrogens with one attached hydrogen (secondary N) is 2. The SMILES string of the molecule is Cc1ccc(C)c(S(=O)(=O)Nc2ccc(C(=O)NC3CCCCCC3)cc2)c1. The maximum atomic E-state index is 12.7. The van der Waals surface area contributed by atoms with E-state index in [0.29, 0.717) is 16.8 Å². The molecule has 1 amide bonds. The van der Waals surface area contributed by atoms with Crippen LogP contribution < -0.4 is 10.0 Å². The van der Waals surface area contributed by atoms with Crippen molar-refractivity contribution in [3.63, 3.8) is 0 Å². The molecule has 2 N–H and O–H groups in total. The summed E-state index contributed by atoms with van der Waals surface area (Å²) in [5.74, 6) is -0.101. The molecule has 1 aliphatic rings. The third-order valence-corrected chi connectivity index (χ3v) is 6.75. The molecule has 2 aromatic rings. The second-order valence-electron chi connectivity index (χ2n) is 7.61.